The van der Waals surface area contributed by atoms with Gasteiger partial charge >= 0.3 is 0 Å². The number of hydrogen-bond donors (Lipinski definition) is 3. The van der Waals surface area contributed by atoms with E-state index in [9.17, 15) is 4.79 Å². The highest BCUT2D eigenvalue weighted by Gasteiger charge is 2.20. The Morgan fingerprint density at radius 1 is 1.50 bits per heavy atom. The summed E-state index contributed by atoms with van der Waals surface area (Å²) in [5.74, 6) is 0.0663. The first kappa shape index (κ1) is 13.4. The number of carbonyl (C=O) groups is 1. The molecule has 84 valence electrons. The van der Waals surface area contributed by atoms with E-state index in [0.29, 0.717) is 6.42 Å². The molecule has 4 heteroatoms. The molecule has 0 aliphatic carbocycles. The van der Waals surface area contributed by atoms with Crippen LogP contribution in [0.4, 0.5) is 0 Å². The molecule has 3 atom stereocenters. The third-order valence-electron chi connectivity index (χ3n) is 2.51. The molecule has 0 fully saturated rings. The summed E-state index contributed by atoms with van der Waals surface area (Å²) >= 11 is 0. The van der Waals surface area contributed by atoms with Crippen LogP contribution >= 0.6 is 0 Å². The van der Waals surface area contributed by atoms with Gasteiger partial charge in [-0.2, -0.15) is 0 Å². The zero-order valence-corrected chi connectivity index (χ0v) is 9.29. The van der Waals surface area contributed by atoms with Gasteiger partial charge in [0, 0.05) is 12.6 Å². The monoisotopic (exact) mass is 202 g/mol. The summed E-state index contributed by atoms with van der Waals surface area (Å²) in [7, 11) is 0. The molecule has 0 aliphatic heterocycles. The topological polar surface area (TPSA) is 75.4 Å². The van der Waals surface area contributed by atoms with Crippen molar-refractivity contribution in [2.75, 3.05) is 6.61 Å². The molecule has 1 amide bonds. The van der Waals surface area contributed by atoms with Gasteiger partial charge in [0.25, 0.3) is 0 Å². The number of nitrogens with one attached hydrogen (secondary N) is 1. The SMILES string of the molecule is CCC(C)[C@H](N)C(=O)NC(C)CCO. The Balaban J connectivity index is 3.94. The lowest BCUT2D eigenvalue weighted by atomic mass is 9.99. The molecule has 0 heterocycles. The number of aliphatic hydroxyl groups excluding tert-OH is 1. The first-order valence-electron chi connectivity index (χ1n) is 5.19. The van der Waals surface area contributed by atoms with Gasteiger partial charge in [-0.1, -0.05) is 20.3 Å². The smallest absolute Gasteiger partial charge is 0.237 e. The number of hydrogen-bond acceptors (Lipinski definition) is 3. The fourth-order valence-corrected chi connectivity index (χ4v) is 1.12. The molecule has 0 rings (SSSR count). The van der Waals surface area contributed by atoms with E-state index in [1.54, 1.807) is 0 Å². The molecular formula is C10H22N2O2. The number of amides is 1. The van der Waals surface area contributed by atoms with Crippen molar-refractivity contribution in [1.82, 2.24) is 5.32 Å². The summed E-state index contributed by atoms with van der Waals surface area (Å²) in [5.41, 5.74) is 5.74. The zero-order chi connectivity index (χ0) is 11.1. The second-order valence-corrected chi connectivity index (χ2v) is 3.83. The van der Waals surface area contributed by atoms with Crippen LogP contribution in [0.15, 0.2) is 0 Å². The Kier molecular flexibility index (Phi) is 6.49. The van der Waals surface area contributed by atoms with Gasteiger partial charge in [0.15, 0.2) is 0 Å². The molecule has 0 saturated carbocycles. The average molecular weight is 202 g/mol. The van der Waals surface area contributed by atoms with Crippen molar-refractivity contribution < 1.29 is 9.90 Å². The summed E-state index contributed by atoms with van der Waals surface area (Å²) in [5, 5.41) is 11.4. The van der Waals surface area contributed by atoms with E-state index < -0.39 is 6.04 Å². The minimum Gasteiger partial charge on any atom is -0.396 e. The molecule has 4 N–H and O–H groups in total. The average Bonchev–Trinajstić information content (AvgIpc) is 2.15. The van der Waals surface area contributed by atoms with Gasteiger partial charge in [0.05, 0.1) is 6.04 Å². The second-order valence-electron chi connectivity index (χ2n) is 3.83. The van der Waals surface area contributed by atoms with E-state index >= 15 is 0 Å². The van der Waals surface area contributed by atoms with Crippen molar-refractivity contribution in [2.45, 2.75) is 45.7 Å². The highest BCUT2D eigenvalue weighted by Crippen LogP contribution is 2.05. The van der Waals surface area contributed by atoms with Crippen LogP contribution < -0.4 is 11.1 Å². The van der Waals surface area contributed by atoms with Crippen LogP contribution in [0.5, 0.6) is 0 Å². The van der Waals surface area contributed by atoms with Gasteiger partial charge in [-0.3, -0.25) is 4.79 Å². The summed E-state index contributed by atoms with van der Waals surface area (Å²) in [6.07, 6.45) is 1.46. The minimum absolute atomic E-state index is 0.0115. The highest BCUT2D eigenvalue weighted by molar-refractivity contribution is 5.81. The highest BCUT2D eigenvalue weighted by atomic mass is 16.3. The number of aliphatic hydroxyl groups is 1. The fourth-order valence-electron chi connectivity index (χ4n) is 1.12. The zero-order valence-electron chi connectivity index (χ0n) is 9.29. The third-order valence-corrected chi connectivity index (χ3v) is 2.51. The number of carbonyl (C=O) groups excluding carboxylic acids is 1. The molecule has 4 nitrogen and oxygen atoms in total. The number of nitrogens with two attached hydrogens (primary N) is 1. The molecule has 0 radical (unpaired) electrons. The number of rotatable bonds is 6. The fraction of sp³-hybridized carbons (Fsp3) is 0.900. The van der Waals surface area contributed by atoms with Gasteiger partial charge in [-0.05, 0) is 19.3 Å². The maximum atomic E-state index is 11.5. The molecular weight excluding hydrogens is 180 g/mol. The Labute approximate surface area is 85.9 Å². The van der Waals surface area contributed by atoms with Crippen LogP contribution in [0, 0.1) is 5.92 Å². The van der Waals surface area contributed by atoms with Crippen LogP contribution in [-0.4, -0.2) is 29.7 Å². The quantitative estimate of drug-likeness (QED) is 0.578. The van der Waals surface area contributed by atoms with Crippen molar-refractivity contribution in [2.24, 2.45) is 11.7 Å². The third kappa shape index (κ3) is 4.58. The van der Waals surface area contributed by atoms with Crippen molar-refractivity contribution in [3.63, 3.8) is 0 Å². The second kappa shape index (κ2) is 6.79. The van der Waals surface area contributed by atoms with E-state index in [1.807, 2.05) is 20.8 Å². The van der Waals surface area contributed by atoms with Gasteiger partial charge < -0.3 is 16.2 Å². The normalized spacial score (nSPS) is 17.2. The lowest BCUT2D eigenvalue weighted by Gasteiger charge is -2.20. The molecule has 0 aromatic rings. The van der Waals surface area contributed by atoms with E-state index in [0.717, 1.165) is 6.42 Å². The predicted molar refractivity (Wildman–Crippen MR) is 56.7 cm³/mol. The van der Waals surface area contributed by atoms with Crippen LogP contribution in [0.1, 0.15) is 33.6 Å². The van der Waals surface area contributed by atoms with Crippen molar-refractivity contribution in [1.29, 1.82) is 0 Å². The van der Waals surface area contributed by atoms with Gasteiger partial charge in [-0.25, -0.2) is 0 Å². The molecule has 0 aromatic carbocycles. The lowest BCUT2D eigenvalue weighted by Crippen LogP contribution is -2.47. The van der Waals surface area contributed by atoms with E-state index in [2.05, 4.69) is 5.32 Å². The Morgan fingerprint density at radius 3 is 2.50 bits per heavy atom. The van der Waals surface area contributed by atoms with Crippen LogP contribution in [0.3, 0.4) is 0 Å². The minimum atomic E-state index is -0.443. The molecule has 0 bridgehead atoms. The van der Waals surface area contributed by atoms with E-state index in [-0.39, 0.29) is 24.5 Å². The lowest BCUT2D eigenvalue weighted by molar-refractivity contribution is -0.124. The van der Waals surface area contributed by atoms with Gasteiger partial charge in [-0.15, -0.1) is 0 Å². The van der Waals surface area contributed by atoms with Crippen LogP contribution in [0.2, 0.25) is 0 Å². The van der Waals surface area contributed by atoms with Gasteiger partial charge in [0.2, 0.25) is 5.91 Å². The maximum Gasteiger partial charge on any atom is 0.237 e. The van der Waals surface area contributed by atoms with Crippen molar-refractivity contribution in [3.8, 4) is 0 Å². The first-order valence-corrected chi connectivity index (χ1v) is 5.19. The Hall–Kier alpha value is -0.610. The van der Waals surface area contributed by atoms with Crippen molar-refractivity contribution >= 4 is 5.91 Å². The maximum absolute atomic E-state index is 11.5. The summed E-state index contributed by atoms with van der Waals surface area (Å²) < 4.78 is 0. The molecule has 14 heavy (non-hydrogen) atoms. The van der Waals surface area contributed by atoms with Crippen LogP contribution in [-0.2, 0) is 4.79 Å². The molecule has 2 unspecified atom stereocenters. The molecule has 0 saturated heterocycles. The van der Waals surface area contributed by atoms with Crippen molar-refractivity contribution in [3.05, 3.63) is 0 Å². The van der Waals surface area contributed by atoms with Crippen LogP contribution in [0.25, 0.3) is 0 Å². The molecule has 0 aliphatic rings. The summed E-state index contributed by atoms with van der Waals surface area (Å²) in [4.78, 5) is 11.5. The van der Waals surface area contributed by atoms with Gasteiger partial charge in [0.1, 0.15) is 0 Å². The molecule has 0 aromatic heterocycles. The summed E-state index contributed by atoms with van der Waals surface area (Å²) in [6, 6.07) is -0.455. The largest absolute Gasteiger partial charge is 0.396 e. The van der Waals surface area contributed by atoms with E-state index in [4.69, 9.17) is 10.8 Å². The standard InChI is InChI=1S/C10H22N2O2/c1-4-7(2)9(11)10(14)12-8(3)5-6-13/h7-9,13H,4-6,11H2,1-3H3,(H,12,14)/t7?,8?,9-/m0/s1. The molecule has 0 spiro atoms. The first-order chi connectivity index (χ1) is 6.52. The Bertz CT molecular complexity index is 174. The predicted octanol–water partition coefficient (Wildman–Crippen LogP) is 0.247. The van der Waals surface area contributed by atoms with E-state index in [1.165, 1.54) is 0 Å². The Morgan fingerprint density at radius 2 is 2.07 bits per heavy atom. The summed E-state index contributed by atoms with van der Waals surface area (Å²) in [6.45, 7) is 5.91.